The molecule has 0 heterocycles. The van der Waals surface area contributed by atoms with Crippen LogP contribution < -0.4 is 0 Å². The van der Waals surface area contributed by atoms with Gasteiger partial charge in [-0.05, 0) is 18.1 Å². The van der Waals surface area contributed by atoms with Crippen molar-refractivity contribution in [2.45, 2.75) is 0 Å². The summed E-state index contributed by atoms with van der Waals surface area (Å²) >= 11 is 3.30. The van der Waals surface area contributed by atoms with Gasteiger partial charge < -0.3 is 4.90 Å². The molecule has 0 atom stereocenters. The van der Waals surface area contributed by atoms with Crippen LogP contribution in [0, 0.1) is 12.0 Å². The molecule has 0 amide bonds. The van der Waals surface area contributed by atoms with Crippen molar-refractivity contribution in [1.82, 2.24) is 4.90 Å². The average Bonchev–Trinajstić information content (AvgIpc) is 2.15. The Morgan fingerprint density at radius 2 is 2.00 bits per heavy atom. The maximum atomic E-state index is 11.5. The monoisotopic (exact) mass is 251 g/mol. The summed E-state index contributed by atoms with van der Waals surface area (Å²) in [4.78, 5) is 13.2. The van der Waals surface area contributed by atoms with E-state index in [2.05, 4.69) is 27.9 Å². The lowest BCUT2D eigenvalue weighted by Crippen LogP contribution is -2.04. The van der Waals surface area contributed by atoms with E-state index in [0.717, 1.165) is 4.47 Å². The maximum Gasteiger partial charge on any atom is 0.238 e. The Kier molecular flexibility index (Phi) is 3.73. The van der Waals surface area contributed by atoms with Crippen LogP contribution in [0.1, 0.15) is 10.4 Å². The van der Waals surface area contributed by atoms with Crippen molar-refractivity contribution < 1.29 is 4.79 Å². The van der Waals surface area contributed by atoms with Crippen LogP contribution >= 0.6 is 15.9 Å². The van der Waals surface area contributed by atoms with Crippen molar-refractivity contribution in [3.8, 4) is 12.0 Å². The van der Waals surface area contributed by atoms with E-state index < -0.39 is 0 Å². The molecule has 0 aliphatic rings. The zero-order chi connectivity index (χ0) is 10.6. The molecule has 0 aromatic heterocycles. The van der Waals surface area contributed by atoms with Crippen LogP contribution in [0.15, 0.2) is 28.7 Å². The topological polar surface area (TPSA) is 20.3 Å². The second-order valence-electron chi connectivity index (χ2n) is 2.94. The Hall–Kier alpha value is -1.27. The van der Waals surface area contributed by atoms with Gasteiger partial charge in [0.25, 0.3) is 0 Å². The third-order valence-electron chi connectivity index (χ3n) is 1.51. The van der Waals surface area contributed by atoms with Crippen LogP contribution in [0.3, 0.4) is 0 Å². The van der Waals surface area contributed by atoms with Crippen molar-refractivity contribution >= 4 is 21.7 Å². The van der Waals surface area contributed by atoms with Crippen LogP contribution in [0.4, 0.5) is 0 Å². The largest absolute Gasteiger partial charge is 0.338 e. The van der Waals surface area contributed by atoms with E-state index in [1.54, 1.807) is 25.1 Å². The third kappa shape index (κ3) is 2.90. The fourth-order valence-corrected chi connectivity index (χ4v) is 1.34. The van der Waals surface area contributed by atoms with E-state index >= 15 is 0 Å². The SMILES string of the molecule is CN(C)C#CC(=O)c1ccccc1Br. The number of hydrogen-bond donors (Lipinski definition) is 0. The molecule has 1 rings (SSSR count). The molecule has 0 bridgehead atoms. The predicted octanol–water partition coefficient (Wildman–Crippen LogP) is 2.15. The number of halogens is 1. The van der Waals surface area contributed by atoms with E-state index in [1.165, 1.54) is 0 Å². The molecule has 1 aromatic carbocycles. The molecular formula is C11H10BrNO. The van der Waals surface area contributed by atoms with E-state index in [1.807, 2.05) is 18.2 Å². The number of benzene rings is 1. The number of nitrogens with zero attached hydrogens (tertiary/aromatic N) is 1. The molecule has 0 radical (unpaired) electrons. The summed E-state index contributed by atoms with van der Waals surface area (Å²) in [5.74, 6) is 2.37. The Morgan fingerprint density at radius 1 is 1.36 bits per heavy atom. The molecule has 14 heavy (non-hydrogen) atoms. The lowest BCUT2D eigenvalue weighted by Gasteiger charge is -1.99. The molecule has 2 nitrogen and oxygen atoms in total. The highest BCUT2D eigenvalue weighted by molar-refractivity contribution is 9.10. The first kappa shape index (κ1) is 10.8. The van der Waals surface area contributed by atoms with Crippen molar-refractivity contribution in [2.75, 3.05) is 14.1 Å². The van der Waals surface area contributed by atoms with Gasteiger partial charge in [0.1, 0.15) is 0 Å². The molecule has 0 fully saturated rings. The highest BCUT2D eigenvalue weighted by Crippen LogP contribution is 2.15. The molecule has 1 aromatic rings. The maximum absolute atomic E-state index is 11.5. The summed E-state index contributed by atoms with van der Waals surface area (Å²) in [7, 11) is 3.58. The van der Waals surface area contributed by atoms with Crippen LogP contribution in [-0.2, 0) is 0 Å². The Balaban J connectivity index is 2.93. The number of ketones is 1. The third-order valence-corrected chi connectivity index (χ3v) is 2.20. The van der Waals surface area contributed by atoms with Gasteiger partial charge in [0.2, 0.25) is 5.78 Å². The van der Waals surface area contributed by atoms with E-state index in [9.17, 15) is 4.79 Å². The van der Waals surface area contributed by atoms with Crippen LogP contribution in [0.2, 0.25) is 0 Å². The fraction of sp³-hybridized carbons (Fsp3) is 0.182. The van der Waals surface area contributed by atoms with Gasteiger partial charge in [-0.3, -0.25) is 4.79 Å². The van der Waals surface area contributed by atoms with Gasteiger partial charge in [-0.15, -0.1) is 0 Å². The summed E-state index contributed by atoms with van der Waals surface area (Å²) in [5, 5.41) is 0. The summed E-state index contributed by atoms with van der Waals surface area (Å²) in [6, 6.07) is 9.93. The molecule has 0 spiro atoms. The van der Waals surface area contributed by atoms with Crippen molar-refractivity contribution in [3.05, 3.63) is 34.3 Å². The van der Waals surface area contributed by atoms with Crippen molar-refractivity contribution in [2.24, 2.45) is 0 Å². The fourth-order valence-electron chi connectivity index (χ4n) is 0.875. The molecule has 72 valence electrons. The lowest BCUT2D eigenvalue weighted by molar-refractivity contribution is 0.105. The second-order valence-corrected chi connectivity index (χ2v) is 3.79. The molecule has 0 N–H and O–H groups in total. The smallest absolute Gasteiger partial charge is 0.238 e. The highest BCUT2D eigenvalue weighted by atomic mass is 79.9. The van der Waals surface area contributed by atoms with Gasteiger partial charge in [-0.1, -0.05) is 28.1 Å². The summed E-state index contributed by atoms with van der Waals surface area (Å²) in [5.41, 5.74) is 0.599. The minimum atomic E-state index is -0.175. The number of Topliss-reactive ketones (excluding diaryl/α,β-unsaturated/α-hetero) is 1. The first-order valence-corrected chi connectivity index (χ1v) is 4.88. The number of carbonyl (C=O) groups is 1. The van der Waals surface area contributed by atoms with E-state index in [0.29, 0.717) is 5.56 Å². The second kappa shape index (κ2) is 4.83. The van der Waals surface area contributed by atoms with Gasteiger partial charge in [0.05, 0.1) is 0 Å². The normalized spacial score (nSPS) is 8.79. The van der Waals surface area contributed by atoms with E-state index in [-0.39, 0.29) is 5.78 Å². The molecular weight excluding hydrogens is 242 g/mol. The zero-order valence-electron chi connectivity index (χ0n) is 8.04. The molecule has 0 aliphatic carbocycles. The Bertz CT molecular complexity index is 401. The molecule has 0 saturated heterocycles. The minimum absolute atomic E-state index is 0.175. The minimum Gasteiger partial charge on any atom is -0.338 e. The van der Waals surface area contributed by atoms with Crippen LogP contribution in [-0.4, -0.2) is 24.8 Å². The Morgan fingerprint density at radius 3 is 2.57 bits per heavy atom. The highest BCUT2D eigenvalue weighted by Gasteiger charge is 2.05. The predicted molar refractivity (Wildman–Crippen MR) is 59.9 cm³/mol. The van der Waals surface area contributed by atoms with Crippen LogP contribution in [0.25, 0.3) is 0 Å². The number of carbonyl (C=O) groups excluding carboxylic acids is 1. The summed E-state index contributed by atoms with van der Waals surface area (Å²) < 4.78 is 0.776. The first-order chi connectivity index (χ1) is 6.61. The van der Waals surface area contributed by atoms with Gasteiger partial charge in [0, 0.05) is 30.2 Å². The van der Waals surface area contributed by atoms with E-state index in [4.69, 9.17) is 0 Å². The molecule has 3 heteroatoms. The van der Waals surface area contributed by atoms with Gasteiger partial charge in [-0.25, -0.2) is 0 Å². The zero-order valence-corrected chi connectivity index (χ0v) is 9.63. The standard InChI is InChI=1S/C11H10BrNO/c1-13(2)8-7-11(14)9-5-3-4-6-10(9)12/h3-6H,1-2H3. The molecule has 0 saturated carbocycles. The van der Waals surface area contributed by atoms with Crippen molar-refractivity contribution in [1.29, 1.82) is 0 Å². The van der Waals surface area contributed by atoms with Crippen LogP contribution in [0.5, 0.6) is 0 Å². The molecule has 0 unspecified atom stereocenters. The van der Waals surface area contributed by atoms with Gasteiger partial charge >= 0.3 is 0 Å². The lowest BCUT2D eigenvalue weighted by atomic mass is 10.1. The summed E-state index contributed by atoms with van der Waals surface area (Å²) in [6.07, 6.45) is 0. The van der Waals surface area contributed by atoms with Gasteiger partial charge in [0.15, 0.2) is 0 Å². The number of rotatable bonds is 1. The number of hydrogen-bond acceptors (Lipinski definition) is 2. The average molecular weight is 252 g/mol. The Labute approximate surface area is 92.0 Å². The first-order valence-electron chi connectivity index (χ1n) is 4.09. The van der Waals surface area contributed by atoms with Gasteiger partial charge in [-0.2, -0.15) is 0 Å². The molecule has 0 aliphatic heterocycles. The quantitative estimate of drug-likeness (QED) is 0.433. The summed E-state index contributed by atoms with van der Waals surface area (Å²) in [6.45, 7) is 0. The van der Waals surface area contributed by atoms with Crippen molar-refractivity contribution in [3.63, 3.8) is 0 Å².